The lowest BCUT2D eigenvalue weighted by molar-refractivity contribution is 0.0543. The van der Waals surface area contributed by atoms with Crippen molar-refractivity contribution in [3.63, 3.8) is 0 Å². The fraction of sp³-hybridized carbons (Fsp3) is 0.353. The van der Waals surface area contributed by atoms with Crippen LogP contribution in [0.25, 0.3) is 0 Å². The van der Waals surface area contributed by atoms with E-state index < -0.39 is 5.82 Å². The molecule has 0 spiro atoms. The molecule has 0 saturated carbocycles. The number of nitrogens with zero attached hydrogens (tertiary/aromatic N) is 1. The summed E-state index contributed by atoms with van der Waals surface area (Å²) in [6.45, 7) is 2.05. The van der Waals surface area contributed by atoms with Gasteiger partial charge in [0.2, 0.25) is 0 Å². The van der Waals surface area contributed by atoms with E-state index in [0.717, 1.165) is 12.8 Å². The highest BCUT2D eigenvalue weighted by atomic mass is 35.5. The van der Waals surface area contributed by atoms with Crippen LogP contribution in [0.1, 0.15) is 18.4 Å². The Balaban J connectivity index is 1.82. The first-order valence-electron chi connectivity index (χ1n) is 7.38. The minimum absolute atomic E-state index is 0.0622. The van der Waals surface area contributed by atoms with Crippen molar-refractivity contribution in [1.29, 1.82) is 0 Å². The van der Waals surface area contributed by atoms with Crippen LogP contribution < -0.4 is 5.32 Å². The lowest BCUT2D eigenvalue weighted by atomic mass is 9.74. The van der Waals surface area contributed by atoms with E-state index in [1.54, 1.807) is 0 Å². The summed E-state index contributed by atoms with van der Waals surface area (Å²) in [7, 11) is 0. The smallest absolute Gasteiger partial charge is 0.166 e. The Hall–Kier alpha value is -1.65. The molecule has 1 fully saturated rings. The van der Waals surface area contributed by atoms with Gasteiger partial charge in [-0.1, -0.05) is 41.9 Å². The fourth-order valence-corrected chi connectivity index (χ4v) is 3.06. The van der Waals surface area contributed by atoms with Gasteiger partial charge in [0, 0.05) is 31.4 Å². The average Bonchev–Trinajstić information content (AvgIpc) is 2.56. The number of benzene rings is 1. The highest BCUT2D eigenvalue weighted by molar-refractivity contribution is 6.30. The lowest BCUT2D eigenvalue weighted by Gasteiger charge is -2.38. The lowest BCUT2D eigenvalue weighted by Crippen LogP contribution is -2.40. The molecule has 3 rings (SSSR count). The number of ether oxygens (including phenoxy) is 1. The average molecular weight is 321 g/mol. The van der Waals surface area contributed by atoms with Crippen LogP contribution in [0.5, 0.6) is 0 Å². The topological polar surface area (TPSA) is 34.2 Å². The molecule has 2 aromatic rings. The number of rotatable bonds is 4. The van der Waals surface area contributed by atoms with Gasteiger partial charge in [0.05, 0.1) is 5.02 Å². The van der Waals surface area contributed by atoms with Crippen molar-refractivity contribution in [2.75, 3.05) is 25.1 Å². The summed E-state index contributed by atoms with van der Waals surface area (Å²) in [4.78, 5) is 4.04. The number of aromatic nitrogens is 1. The third-order valence-electron chi connectivity index (χ3n) is 4.24. The standard InChI is InChI=1S/C17H18ClFN2O/c18-14-10-15(19)16(20-11-14)21-12-17(6-8-22-9-7-17)13-4-2-1-3-5-13/h1-5,10-11H,6-9,12H2,(H,20,21). The summed E-state index contributed by atoms with van der Waals surface area (Å²) in [5.74, 6) is -0.186. The van der Waals surface area contributed by atoms with Crippen molar-refractivity contribution in [3.8, 4) is 0 Å². The van der Waals surface area contributed by atoms with Crippen LogP contribution in [0, 0.1) is 5.82 Å². The third-order valence-corrected chi connectivity index (χ3v) is 4.44. The van der Waals surface area contributed by atoms with Gasteiger partial charge in [-0.25, -0.2) is 9.37 Å². The molecule has 3 nitrogen and oxygen atoms in total. The highest BCUT2D eigenvalue weighted by Gasteiger charge is 2.34. The van der Waals surface area contributed by atoms with Crippen LogP contribution in [-0.4, -0.2) is 24.7 Å². The number of anilines is 1. The van der Waals surface area contributed by atoms with Crippen molar-refractivity contribution >= 4 is 17.4 Å². The Morgan fingerprint density at radius 3 is 2.64 bits per heavy atom. The Bertz CT molecular complexity index is 630. The van der Waals surface area contributed by atoms with Gasteiger partial charge in [0.25, 0.3) is 0 Å². The second kappa shape index (κ2) is 6.63. The largest absolute Gasteiger partial charge is 0.381 e. The van der Waals surface area contributed by atoms with E-state index in [1.807, 2.05) is 18.2 Å². The fourth-order valence-electron chi connectivity index (χ4n) is 2.92. The monoisotopic (exact) mass is 320 g/mol. The van der Waals surface area contributed by atoms with Gasteiger partial charge in [-0.15, -0.1) is 0 Å². The number of pyridine rings is 1. The van der Waals surface area contributed by atoms with E-state index >= 15 is 0 Å². The van der Waals surface area contributed by atoms with E-state index in [2.05, 4.69) is 22.4 Å². The Labute approximate surface area is 134 Å². The van der Waals surface area contributed by atoms with Crippen molar-refractivity contribution in [2.24, 2.45) is 0 Å². The molecule has 1 saturated heterocycles. The van der Waals surface area contributed by atoms with Gasteiger partial charge in [-0.05, 0) is 24.5 Å². The van der Waals surface area contributed by atoms with Gasteiger partial charge in [0.15, 0.2) is 11.6 Å². The van der Waals surface area contributed by atoms with Crippen LogP contribution in [0.2, 0.25) is 5.02 Å². The van der Waals surface area contributed by atoms with Crippen molar-refractivity contribution < 1.29 is 9.13 Å². The quantitative estimate of drug-likeness (QED) is 0.923. The molecule has 1 N–H and O–H groups in total. The van der Waals surface area contributed by atoms with Crippen LogP contribution in [0.15, 0.2) is 42.6 Å². The molecule has 0 atom stereocenters. The van der Waals surface area contributed by atoms with Crippen LogP contribution in [-0.2, 0) is 10.2 Å². The SMILES string of the molecule is Fc1cc(Cl)cnc1NCC1(c2ccccc2)CCOCC1. The molecule has 116 valence electrons. The first-order chi connectivity index (χ1) is 10.7. The number of hydrogen-bond acceptors (Lipinski definition) is 3. The minimum atomic E-state index is -0.428. The van der Waals surface area contributed by atoms with Gasteiger partial charge in [0.1, 0.15) is 0 Å². The molecule has 0 bridgehead atoms. The number of nitrogens with one attached hydrogen (secondary N) is 1. The van der Waals surface area contributed by atoms with E-state index in [0.29, 0.717) is 24.8 Å². The molecule has 0 amide bonds. The van der Waals surface area contributed by atoms with Crippen LogP contribution in [0.4, 0.5) is 10.2 Å². The molecule has 0 unspecified atom stereocenters. The number of halogens is 2. The maximum atomic E-state index is 13.9. The first kappa shape index (κ1) is 15.3. The number of hydrogen-bond donors (Lipinski definition) is 1. The van der Waals surface area contributed by atoms with Crippen molar-refractivity contribution in [2.45, 2.75) is 18.3 Å². The van der Waals surface area contributed by atoms with E-state index in [9.17, 15) is 4.39 Å². The molecule has 5 heteroatoms. The summed E-state index contributed by atoms with van der Waals surface area (Å²) in [6, 6.07) is 11.6. The Morgan fingerprint density at radius 2 is 1.95 bits per heavy atom. The zero-order chi connectivity index (χ0) is 15.4. The van der Waals surface area contributed by atoms with Crippen molar-refractivity contribution in [1.82, 2.24) is 4.98 Å². The van der Waals surface area contributed by atoms with E-state index in [4.69, 9.17) is 16.3 Å². The third kappa shape index (κ3) is 3.23. The Kier molecular flexibility index (Phi) is 4.60. The van der Waals surface area contributed by atoms with Gasteiger partial charge < -0.3 is 10.1 Å². The summed E-state index contributed by atoms with van der Waals surface area (Å²) in [6.07, 6.45) is 3.25. The molecular weight excluding hydrogens is 303 g/mol. The molecule has 2 heterocycles. The maximum Gasteiger partial charge on any atom is 0.166 e. The molecule has 1 aliphatic heterocycles. The zero-order valence-corrected chi connectivity index (χ0v) is 12.9. The molecule has 1 aliphatic rings. The van der Waals surface area contributed by atoms with Crippen molar-refractivity contribution in [3.05, 3.63) is 59.0 Å². The molecule has 1 aromatic carbocycles. The van der Waals surface area contributed by atoms with E-state index in [-0.39, 0.29) is 11.2 Å². The molecular formula is C17H18ClFN2O. The van der Waals surface area contributed by atoms with Crippen LogP contribution in [0.3, 0.4) is 0 Å². The summed E-state index contributed by atoms with van der Waals surface area (Å²) in [5, 5.41) is 3.45. The summed E-state index contributed by atoms with van der Waals surface area (Å²) >= 11 is 5.74. The minimum Gasteiger partial charge on any atom is -0.381 e. The molecule has 1 aromatic heterocycles. The molecule has 0 radical (unpaired) electrons. The highest BCUT2D eigenvalue weighted by Crippen LogP contribution is 2.35. The molecule has 0 aliphatic carbocycles. The van der Waals surface area contributed by atoms with Gasteiger partial charge >= 0.3 is 0 Å². The second-order valence-corrected chi connectivity index (χ2v) is 6.03. The zero-order valence-electron chi connectivity index (χ0n) is 12.2. The van der Waals surface area contributed by atoms with Gasteiger partial charge in [-0.3, -0.25) is 0 Å². The predicted octanol–water partition coefficient (Wildman–Crippen LogP) is 4.03. The molecule has 22 heavy (non-hydrogen) atoms. The normalized spacial score (nSPS) is 17.2. The van der Waals surface area contributed by atoms with Gasteiger partial charge in [-0.2, -0.15) is 0 Å². The van der Waals surface area contributed by atoms with E-state index in [1.165, 1.54) is 17.8 Å². The maximum absolute atomic E-state index is 13.9. The predicted molar refractivity (Wildman–Crippen MR) is 85.9 cm³/mol. The summed E-state index contributed by atoms with van der Waals surface area (Å²) < 4.78 is 19.4. The Morgan fingerprint density at radius 1 is 1.23 bits per heavy atom. The summed E-state index contributed by atoms with van der Waals surface area (Å²) in [5.41, 5.74) is 1.19. The first-order valence-corrected chi connectivity index (χ1v) is 7.76. The van der Waals surface area contributed by atoms with Crippen LogP contribution >= 0.6 is 11.6 Å². The second-order valence-electron chi connectivity index (χ2n) is 5.60.